The Balaban J connectivity index is 2.42. The van der Waals surface area contributed by atoms with Gasteiger partial charge in [-0.1, -0.05) is 31.2 Å². The summed E-state index contributed by atoms with van der Waals surface area (Å²) < 4.78 is 0. The zero-order valence-corrected chi connectivity index (χ0v) is 7.08. The summed E-state index contributed by atoms with van der Waals surface area (Å²) in [4.78, 5) is 10.9. The summed E-state index contributed by atoms with van der Waals surface area (Å²) in [5.41, 5.74) is -0.561. The molecule has 2 bridgehead atoms. The van der Waals surface area contributed by atoms with Gasteiger partial charge in [0.1, 0.15) is 5.41 Å². The van der Waals surface area contributed by atoms with Crippen molar-refractivity contribution in [3.8, 4) is 0 Å². The van der Waals surface area contributed by atoms with Crippen molar-refractivity contribution in [3.05, 3.63) is 24.3 Å². The van der Waals surface area contributed by atoms with Gasteiger partial charge in [0.2, 0.25) is 0 Å². The van der Waals surface area contributed by atoms with Gasteiger partial charge in [-0.15, -0.1) is 0 Å². The molecule has 0 aromatic carbocycles. The highest BCUT2D eigenvalue weighted by molar-refractivity contribution is 5.80. The van der Waals surface area contributed by atoms with Crippen molar-refractivity contribution in [2.45, 2.75) is 19.8 Å². The summed E-state index contributed by atoms with van der Waals surface area (Å²) in [6, 6.07) is 0. The fourth-order valence-corrected chi connectivity index (χ4v) is 1.85. The number of rotatable bonds is 1. The average molecular weight is 164 g/mol. The number of fused-ring (bicyclic) bond motifs is 1. The molecule has 3 aliphatic rings. The number of carboxylic acids is 1. The van der Waals surface area contributed by atoms with Crippen molar-refractivity contribution in [3.63, 3.8) is 0 Å². The lowest BCUT2D eigenvalue weighted by Crippen LogP contribution is -2.36. The first-order chi connectivity index (χ1) is 5.56. The number of carboxylic acid groups (broad SMARTS) is 1. The standard InChI is InChI=1S/C10H12O2/c1-9-2-5-10(6-3-9,7-4-9)8(11)12/h2-3,5-6H,4,7H2,1H3,(H,11,12). The molecule has 1 N–H and O–H groups in total. The lowest BCUT2D eigenvalue weighted by molar-refractivity contribution is -0.144. The molecular formula is C10H12O2. The maximum absolute atomic E-state index is 10.9. The van der Waals surface area contributed by atoms with Crippen molar-refractivity contribution < 1.29 is 9.90 Å². The Hall–Kier alpha value is -1.05. The van der Waals surface area contributed by atoms with Crippen LogP contribution < -0.4 is 0 Å². The second kappa shape index (κ2) is 2.00. The Morgan fingerprint density at radius 1 is 1.25 bits per heavy atom. The van der Waals surface area contributed by atoms with Crippen LogP contribution in [0.3, 0.4) is 0 Å². The van der Waals surface area contributed by atoms with E-state index in [4.69, 9.17) is 5.11 Å². The van der Waals surface area contributed by atoms with Crippen LogP contribution in [0, 0.1) is 10.8 Å². The SMILES string of the molecule is CC12C=CC(C(=O)O)(C=C1)CC2. The molecule has 0 aromatic rings. The molecule has 0 aromatic heterocycles. The van der Waals surface area contributed by atoms with Gasteiger partial charge in [0.25, 0.3) is 0 Å². The smallest absolute Gasteiger partial charge is 0.317 e. The minimum Gasteiger partial charge on any atom is -0.480 e. The van der Waals surface area contributed by atoms with Gasteiger partial charge in [0.15, 0.2) is 0 Å². The average Bonchev–Trinajstić information content (AvgIpc) is 2.06. The molecule has 0 radical (unpaired) electrons. The van der Waals surface area contributed by atoms with Gasteiger partial charge in [-0.3, -0.25) is 4.79 Å². The van der Waals surface area contributed by atoms with Gasteiger partial charge in [-0.2, -0.15) is 0 Å². The van der Waals surface area contributed by atoms with Crippen LogP contribution in [0.4, 0.5) is 0 Å². The van der Waals surface area contributed by atoms with Crippen molar-refractivity contribution in [1.29, 1.82) is 0 Å². The first kappa shape index (κ1) is 7.59. The third kappa shape index (κ3) is 0.840. The Kier molecular flexibility index (Phi) is 1.27. The molecule has 0 aliphatic heterocycles. The Bertz CT molecular complexity index is 272. The Morgan fingerprint density at radius 3 is 2.17 bits per heavy atom. The maximum atomic E-state index is 10.9. The molecule has 3 rings (SSSR count). The van der Waals surface area contributed by atoms with E-state index in [9.17, 15) is 4.79 Å². The Labute approximate surface area is 71.6 Å². The zero-order valence-electron chi connectivity index (χ0n) is 7.08. The summed E-state index contributed by atoms with van der Waals surface area (Å²) in [5.74, 6) is -0.725. The number of hydrogen-bond acceptors (Lipinski definition) is 1. The molecule has 0 spiro atoms. The summed E-state index contributed by atoms with van der Waals surface area (Å²) >= 11 is 0. The molecule has 0 heterocycles. The molecular weight excluding hydrogens is 152 g/mol. The lowest BCUT2D eigenvalue weighted by atomic mass is 9.64. The lowest BCUT2D eigenvalue weighted by Gasteiger charge is -2.39. The quantitative estimate of drug-likeness (QED) is 0.602. The van der Waals surface area contributed by atoms with Crippen molar-refractivity contribution in [2.24, 2.45) is 10.8 Å². The first-order valence-corrected chi connectivity index (χ1v) is 4.21. The van der Waals surface area contributed by atoms with Crippen LogP contribution in [-0.2, 0) is 4.79 Å². The van der Waals surface area contributed by atoms with Crippen LogP contribution in [0.15, 0.2) is 24.3 Å². The van der Waals surface area contributed by atoms with E-state index in [1.807, 2.05) is 24.3 Å². The third-order valence-corrected chi connectivity index (χ3v) is 3.00. The predicted molar refractivity (Wildman–Crippen MR) is 45.7 cm³/mol. The van der Waals surface area contributed by atoms with Gasteiger partial charge >= 0.3 is 5.97 Å². The van der Waals surface area contributed by atoms with E-state index in [1.54, 1.807) is 0 Å². The second-order valence-corrected chi connectivity index (χ2v) is 4.02. The van der Waals surface area contributed by atoms with Gasteiger partial charge in [0, 0.05) is 5.41 Å². The van der Waals surface area contributed by atoms with E-state index in [0.29, 0.717) is 0 Å². The monoisotopic (exact) mass is 164 g/mol. The predicted octanol–water partition coefficient (Wildman–Crippen LogP) is 1.98. The van der Waals surface area contributed by atoms with Gasteiger partial charge in [0.05, 0.1) is 0 Å². The van der Waals surface area contributed by atoms with Crippen molar-refractivity contribution in [1.82, 2.24) is 0 Å². The zero-order chi connectivity index (χ0) is 8.82. The van der Waals surface area contributed by atoms with Crippen LogP contribution in [0.1, 0.15) is 19.8 Å². The molecule has 0 fully saturated rings. The molecule has 3 aliphatic carbocycles. The highest BCUT2D eigenvalue weighted by atomic mass is 16.4. The molecule has 0 amide bonds. The molecule has 64 valence electrons. The topological polar surface area (TPSA) is 37.3 Å². The highest BCUT2D eigenvalue weighted by Crippen LogP contribution is 2.47. The van der Waals surface area contributed by atoms with Crippen LogP contribution in [0.25, 0.3) is 0 Å². The fraction of sp³-hybridized carbons (Fsp3) is 0.500. The molecule has 0 saturated heterocycles. The number of hydrogen-bond donors (Lipinski definition) is 1. The summed E-state index contributed by atoms with van der Waals surface area (Å²) in [5, 5.41) is 8.99. The van der Waals surface area contributed by atoms with Crippen LogP contribution in [0.5, 0.6) is 0 Å². The van der Waals surface area contributed by atoms with Crippen LogP contribution >= 0.6 is 0 Å². The maximum Gasteiger partial charge on any atom is 0.317 e. The normalized spacial score (nSPS) is 43.4. The van der Waals surface area contributed by atoms with E-state index in [-0.39, 0.29) is 5.41 Å². The molecule has 0 saturated carbocycles. The summed E-state index contributed by atoms with van der Waals surface area (Å²) in [7, 11) is 0. The number of aliphatic carboxylic acids is 1. The number of carbonyl (C=O) groups is 1. The van der Waals surface area contributed by atoms with Crippen LogP contribution in [-0.4, -0.2) is 11.1 Å². The highest BCUT2D eigenvalue weighted by Gasteiger charge is 2.42. The molecule has 0 atom stereocenters. The van der Waals surface area contributed by atoms with Gasteiger partial charge < -0.3 is 5.11 Å². The minimum absolute atomic E-state index is 0.122. The van der Waals surface area contributed by atoms with Crippen LogP contribution in [0.2, 0.25) is 0 Å². The molecule has 0 unspecified atom stereocenters. The molecule has 2 heteroatoms. The van der Waals surface area contributed by atoms with E-state index in [2.05, 4.69) is 6.92 Å². The van der Waals surface area contributed by atoms with Crippen molar-refractivity contribution in [2.75, 3.05) is 0 Å². The molecule has 12 heavy (non-hydrogen) atoms. The van der Waals surface area contributed by atoms with E-state index >= 15 is 0 Å². The van der Waals surface area contributed by atoms with Crippen molar-refractivity contribution >= 4 is 5.97 Å². The Morgan fingerprint density at radius 2 is 1.83 bits per heavy atom. The summed E-state index contributed by atoms with van der Waals surface area (Å²) in [6.45, 7) is 2.13. The van der Waals surface area contributed by atoms with Gasteiger partial charge in [-0.05, 0) is 12.8 Å². The van der Waals surface area contributed by atoms with E-state index in [0.717, 1.165) is 12.8 Å². The number of allylic oxidation sites excluding steroid dienone is 2. The minimum atomic E-state index is -0.725. The molecule has 2 nitrogen and oxygen atoms in total. The van der Waals surface area contributed by atoms with Gasteiger partial charge in [-0.25, -0.2) is 0 Å². The van der Waals surface area contributed by atoms with E-state index < -0.39 is 11.4 Å². The third-order valence-electron chi connectivity index (χ3n) is 3.00. The fourth-order valence-electron chi connectivity index (χ4n) is 1.85. The second-order valence-electron chi connectivity index (χ2n) is 4.02. The van der Waals surface area contributed by atoms with E-state index in [1.165, 1.54) is 0 Å². The first-order valence-electron chi connectivity index (χ1n) is 4.21. The largest absolute Gasteiger partial charge is 0.480 e. The summed E-state index contributed by atoms with van der Waals surface area (Å²) in [6.07, 6.45) is 9.39.